The number of benzene rings is 3. The summed E-state index contributed by atoms with van der Waals surface area (Å²) in [6.07, 6.45) is 7.02. The second kappa shape index (κ2) is 10.1. The van der Waals surface area contributed by atoms with Gasteiger partial charge in [-0.05, 0) is 29.2 Å². The van der Waals surface area contributed by atoms with Crippen LogP contribution in [0.5, 0.6) is 0 Å². The molecule has 0 saturated heterocycles. The second-order valence-electron chi connectivity index (χ2n) is 7.44. The van der Waals surface area contributed by atoms with E-state index < -0.39 is 11.7 Å². The standard InChI is InChI=1S/C28H26O3/c29-27(18-10-11-23-19-20-30-21-23)22-31-28(24-12-4-1-5-13-24,25-14-6-2-7-15-25)26-16-8-3-9-17-26/h1-17,19-21,27,29H,18,22H2/b11-10+. The Morgan fingerprint density at radius 2 is 1.29 bits per heavy atom. The van der Waals surface area contributed by atoms with Crippen molar-refractivity contribution in [3.63, 3.8) is 0 Å². The smallest absolute Gasteiger partial charge is 0.143 e. The van der Waals surface area contributed by atoms with Crippen LogP contribution >= 0.6 is 0 Å². The summed E-state index contributed by atoms with van der Waals surface area (Å²) < 4.78 is 11.7. The van der Waals surface area contributed by atoms with Crippen LogP contribution in [0.25, 0.3) is 6.08 Å². The van der Waals surface area contributed by atoms with Gasteiger partial charge < -0.3 is 14.3 Å². The third-order valence-electron chi connectivity index (χ3n) is 5.29. The fourth-order valence-electron chi connectivity index (χ4n) is 3.79. The van der Waals surface area contributed by atoms with E-state index in [1.807, 2.05) is 72.8 Å². The van der Waals surface area contributed by atoms with E-state index in [0.29, 0.717) is 6.42 Å². The van der Waals surface area contributed by atoms with Gasteiger partial charge in [0.05, 0.1) is 25.2 Å². The SMILES string of the molecule is OC(C/C=C/c1ccoc1)COC(c1ccccc1)(c1ccccc1)c1ccccc1. The lowest BCUT2D eigenvalue weighted by Gasteiger charge is -2.36. The molecule has 0 bridgehead atoms. The van der Waals surface area contributed by atoms with Crippen LogP contribution in [0.15, 0.2) is 120 Å². The van der Waals surface area contributed by atoms with Gasteiger partial charge in [0.25, 0.3) is 0 Å². The van der Waals surface area contributed by atoms with E-state index in [1.54, 1.807) is 12.5 Å². The molecule has 3 aromatic carbocycles. The van der Waals surface area contributed by atoms with Crippen molar-refractivity contribution in [1.82, 2.24) is 0 Å². The predicted molar refractivity (Wildman–Crippen MR) is 124 cm³/mol. The Kier molecular flexibility index (Phi) is 6.78. The molecule has 4 rings (SSSR count). The highest BCUT2D eigenvalue weighted by Crippen LogP contribution is 2.40. The number of hydrogen-bond donors (Lipinski definition) is 1. The Labute approximate surface area is 183 Å². The maximum Gasteiger partial charge on any atom is 0.143 e. The van der Waals surface area contributed by atoms with Gasteiger partial charge in [0.15, 0.2) is 0 Å². The molecule has 4 aromatic rings. The highest BCUT2D eigenvalue weighted by Gasteiger charge is 2.37. The number of hydrogen-bond acceptors (Lipinski definition) is 3. The maximum atomic E-state index is 10.7. The molecule has 1 atom stereocenters. The molecule has 1 N–H and O–H groups in total. The first-order valence-electron chi connectivity index (χ1n) is 10.5. The molecule has 0 fully saturated rings. The van der Waals surface area contributed by atoms with Gasteiger partial charge in [-0.3, -0.25) is 0 Å². The first-order chi connectivity index (χ1) is 15.3. The minimum Gasteiger partial charge on any atom is -0.472 e. The Morgan fingerprint density at radius 3 is 1.74 bits per heavy atom. The van der Waals surface area contributed by atoms with Gasteiger partial charge in [0.1, 0.15) is 5.60 Å². The number of rotatable bonds is 9. The third-order valence-corrected chi connectivity index (χ3v) is 5.29. The zero-order valence-electron chi connectivity index (χ0n) is 17.3. The van der Waals surface area contributed by atoms with Gasteiger partial charge in [0.2, 0.25) is 0 Å². The summed E-state index contributed by atoms with van der Waals surface area (Å²) in [7, 11) is 0. The van der Waals surface area contributed by atoms with Gasteiger partial charge in [-0.15, -0.1) is 0 Å². The van der Waals surface area contributed by atoms with E-state index in [-0.39, 0.29) is 6.61 Å². The van der Waals surface area contributed by atoms with Crippen molar-refractivity contribution in [2.45, 2.75) is 18.1 Å². The minimum atomic E-state index is -0.820. The van der Waals surface area contributed by atoms with E-state index in [1.165, 1.54) is 0 Å². The molecule has 0 amide bonds. The van der Waals surface area contributed by atoms with Crippen molar-refractivity contribution in [3.8, 4) is 0 Å². The van der Waals surface area contributed by atoms with E-state index in [9.17, 15) is 5.11 Å². The maximum absolute atomic E-state index is 10.7. The molecule has 0 aliphatic heterocycles. The highest BCUT2D eigenvalue weighted by atomic mass is 16.5. The van der Waals surface area contributed by atoms with Crippen molar-refractivity contribution in [1.29, 1.82) is 0 Å². The van der Waals surface area contributed by atoms with Crippen LogP contribution in [-0.4, -0.2) is 17.8 Å². The first-order valence-corrected chi connectivity index (χ1v) is 10.5. The summed E-state index contributed by atoms with van der Waals surface area (Å²) in [5, 5.41) is 10.7. The lowest BCUT2D eigenvalue weighted by Crippen LogP contribution is -2.35. The monoisotopic (exact) mass is 410 g/mol. The lowest BCUT2D eigenvalue weighted by atomic mass is 9.80. The molecule has 1 unspecified atom stereocenters. The summed E-state index contributed by atoms with van der Waals surface area (Å²) >= 11 is 0. The van der Waals surface area contributed by atoms with Crippen LogP contribution in [0.1, 0.15) is 28.7 Å². The summed E-state index contributed by atoms with van der Waals surface area (Å²) in [4.78, 5) is 0. The average Bonchev–Trinajstić information content (AvgIpc) is 3.35. The normalized spacial score (nSPS) is 12.8. The Balaban J connectivity index is 1.65. The van der Waals surface area contributed by atoms with Crippen LogP contribution in [0.2, 0.25) is 0 Å². The fourth-order valence-corrected chi connectivity index (χ4v) is 3.79. The number of furan rings is 1. The molecule has 0 radical (unpaired) electrons. The van der Waals surface area contributed by atoms with Gasteiger partial charge in [-0.25, -0.2) is 0 Å². The van der Waals surface area contributed by atoms with E-state index in [2.05, 4.69) is 36.4 Å². The minimum absolute atomic E-state index is 0.189. The largest absolute Gasteiger partial charge is 0.472 e. The summed E-state index contributed by atoms with van der Waals surface area (Å²) in [5.41, 5.74) is 3.22. The highest BCUT2D eigenvalue weighted by molar-refractivity contribution is 5.48. The second-order valence-corrected chi connectivity index (χ2v) is 7.44. The van der Waals surface area contributed by atoms with Crippen LogP contribution in [0.4, 0.5) is 0 Å². The Bertz CT molecular complexity index is 959. The van der Waals surface area contributed by atoms with Crippen LogP contribution < -0.4 is 0 Å². The quantitative estimate of drug-likeness (QED) is 0.341. The topological polar surface area (TPSA) is 42.6 Å². The number of aliphatic hydroxyl groups excluding tert-OH is 1. The molecular formula is C28H26O3. The molecular weight excluding hydrogens is 384 g/mol. The summed E-state index contributed by atoms with van der Waals surface area (Å²) in [5.74, 6) is 0. The molecule has 156 valence electrons. The predicted octanol–water partition coefficient (Wildman–Crippen LogP) is 6.05. The van der Waals surface area contributed by atoms with Gasteiger partial charge in [-0.1, -0.05) is 103 Å². The molecule has 0 spiro atoms. The zero-order chi connectivity index (χ0) is 21.4. The van der Waals surface area contributed by atoms with Crippen molar-refractivity contribution in [3.05, 3.63) is 138 Å². The zero-order valence-corrected chi connectivity index (χ0v) is 17.3. The van der Waals surface area contributed by atoms with Crippen LogP contribution in [-0.2, 0) is 10.3 Å². The molecule has 31 heavy (non-hydrogen) atoms. The van der Waals surface area contributed by atoms with Crippen LogP contribution in [0, 0.1) is 0 Å². The number of aliphatic hydroxyl groups is 1. The van der Waals surface area contributed by atoms with Crippen molar-refractivity contribution in [2.24, 2.45) is 0 Å². The molecule has 1 aromatic heterocycles. The van der Waals surface area contributed by atoms with E-state index in [4.69, 9.17) is 9.15 Å². The molecule has 0 aliphatic rings. The van der Waals surface area contributed by atoms with Crippen molar-refractivity contribution in [2.75, 3.05) is 6.61 Å². The average molecular weight is 411 g/mol. The summed E-state index contributed by atoms with van der Waals surface area (Å²) in [6.45, 7) is 0.189. The molecule has 3 heteroatoms. The Morgan fingerprint density at radius 1 is 0.774 bits per heavy atom. The van der Waals surface area contributed by atoms with Gasteiger partial charge in [0, 0.05) is 5.56 Å². The molecule has 0 aliphatic carbocycles. The molecule has 0 saturated carbocycles. The van der Waals surface area contributed by atoms with Gasteiger partial charge >= 0.3 is 0 Å². The van der Waals surface area contributed by atoms with E-state index in [0.717, 1.165) is 22.3 Å². The Hall–Kier alpha value is -3.40. The van der Waals surface area contributed by atoms with Crippen molar-refractivity contribution >= 4 is 6.08 Å². The first kappa shape index (κ1) is 20.9. The van der Waals surface area contributed by atoms with Crippen LogP contribution in [0.3, 0.4) is 0 Å². The van der Waals surface area contributed by atoms with E-state index >= 15 is 0 Å². The van der Waals surface area contributed by atoms with Crippen molar-refractivity contribution < 1.29 is 14.3 Å². The fraction of sp³-hybridized carbons (Fsp3) is 0.143. The van der Waals surface area contributed by atoms with Gasteiger partial charge in [-0.2, -0.15) is 0 Å². The lowest BCUT2D eigenvalue weighted by molar-refractivity contribution is -0.0368. The molecule has 1 heterocycles. The third kappa shape index (κ3) is 4.85. The number of ether oxygens (including phenoxy) is 1. The summed E-state index contributed by atoms with van der Waals surface area (Å²) in [6, 6.07) is 32.4. The molecule has 3 nitrogen and oxygen atoms in total.